The Kier molecular flexibility index (Phi) is 4.87. The molecule has 0 aromatic carbocycles. The first-order valence-corrected chi connectivity index (χ1v) is 11.2. The van der Waals surface area contributed by atoms with Gasteiger partial charge in [0.2, 0.25) is 5.91 Å². The first-order chi connectivity index (χ1) is 14.0. The third-order valence-electron chi connectivity index (χ3n) is 7.38. The number of rotatable bonds is 3. The van der Waals surface area contributed by atoms with Crippen molar-refractivity contribution in [2.75, 3.05) is 13.1 Å². The lowest BCUT2D eigenvalue weighted by molar-refractivity contribution is -0.152. The first kappa shape index (κ1) is 19.1. The van der Waals surface area contributed by atoms with Gasteiger partial charge in [0, 0.05) is 31.5 Å². The number of imidazole rings is 1. The number of aromatic nitrogens is 2. The molecule has 2 aromatic heterocycles. The summed E-state index contributed by atoms with van der Waals surface area (Å²) >= 11 is 0. The van der Waals surface area contributed by atoms with E-state index < -0.39 is 0 Å². The Morgan fingerprint density at radius 3 is 2.66 bits per heavy atom. The largest absolute Gasteiger partial charge is 0.393 e. The monoisotopic (exact) mass is 396 g/mol. The Morgan fingerprint density at radius 2 is 1.86 bits per heavy atom. The number of aliphatic hydroxyl groups excluding tert-OH is 1. The molecule has 2 aromatic rings. The van der Waals surface area contributed by atoms with E-state index in [4.69, 9.17) is 4.98 Å². The highest BCUT2D eigenvalue weighted by Gasteiger charge is 2.52. The highest BCUT2D eigenvalue weighted by Crippen LogP contribution is 2.41. The molecule has 0 radical (unpaired) electrons. The van der Waals surface area contributed by atoms with E-state index in [2.05, 4.69) is 45.7 Å². The van der Waals surface area contributed by atoms with E-state index in [-0.39, 0.29) is 11.6 Å². The smallest absolute Gasteiger partial charge is 0.243 e. The molecule has 1 atom stereocenters. The van der Waals surface area contributed by atoms with Crippen molar-refractivity contribution in [2.24, 2.45) is 0 Å². The Hall–Kier alpha value is -1.92. The molecule has 1 aliphatic carbocycles. The Labute approximate surface area is 172 Å². The minimum absolute atomic E-state index is 0.179. The predicted octanol–water partition coefficient (Wildman–Crippen LogP) is 2.90. The molecule has 1 saturated carbocycles. The van der Waals surface area contributed by atoms with Crippen LogP contribution in [0.4, 0.5) is 0 Å². The van der Waals surface area contributed by atoms with Gasteiger partial charge in [-0.3, -0.25) is 9.69 Å². The maximum atomic E-state index is 13.7. The molecule has 1 unspecified atom stereocenters. The predicted molar refractivity (Wildman–Crippen MR) is 112 cm³/mol. The zero-order chi connectivity index (χ0) is 20.0. The minimum Gasteiger partial charge on any atom is -0.393 e. The number of carbonyl (C=O) groups excluding carboxylic acids is 1. The number of hydrogen-bond donors (Lipinski definition) is 1. The molecule has 0 bridgehead atoms. The standard InChI is InChI=1S/C23H32N4O2/c1-17-4-9-21-24-18(15-25(21)14-17)16-26-12-2-10-23(26)11-3-13-27(22(23)29)19-5-7-20(28)8-6-19/h4,9,14-15,19-20,28H,2-3,5-8,10-13,16H2,1H3. The van der Waals surface area contributed by atoms with Crippen LogP contribution < -0.4 is 0 Å². The maximum absolute atomic E-state index is 13.7. The fraction of sp³-hybridized carbons (Fsp3) is 0.652. The molecule has 6 nitrogen and oxygen atoms in total. The van der Waals surface area contributed by atoms with Crippen molar-refractivity contribution in [3.63, 3.8) is 0 Å². The lowest BCUT2D eigenvalue weighted by Crippen LogP contribution is -2.62. The molecular weight excluding hydrogens is 364 g/mol. The molecule has 6 heteroatoms. The summed E-state index contributed by atoms with van der Waals surface area (Å²) in [5, 5.41) is 9.86. The summed E-state index contributed by atoms with van der Waals surface area (Å²) in [4.78, 5) is 23.1. The van der Waals surface area contributed by atoms with Crippen LogP contribution in [0.1, 0.15) is 62.6 Å². The van der Waals surface area contributed by atoms with E-state index in [0.29, 0.717) is 11.9 Å². The van der Waals surface area contributed by atoms with Crippen molar-refractivity contribution in [3.05, 3.63) is 35.8 Å². The third kappa shape index (κ3) is 3.36. The third-order valence-corrected chi connectivity index (χ3v) is 7.38. The van der Waals surface area contributed by atoms with Gasteiger partial charge in [0.1, 0.15) is 11.2 Å². The molecule has 4 heterocycles. The fourth-order valence-electron chi connectivity index (χ4n) is 5.85. The molecule has 29 heavy (non-hydrogen) atoms. The number of carbonyl (C=O) groups is 1. The summed E-state index contributed by atoms with van der Waals surface area (Å²) in [6, 6.07) is 4.46. The highest BCUT2D eigenvalue weighted by molar-refractivity contribution is 5.87. The van der Waals surface area contributed by atoms with Crippen molar-refractivity contribution in [1.82, 2.24) is 19.2 Å². The zero-order valence-corrected chi connectivity index (χ0v) is 17.4. The number of aryl methyl sites for hydroxylation is 1. The molecule has 1 amide bonds. The maximum Gasteiger partial charge on any atom is 0.243 e. The van der Waals surface area contributed by atoms with E-state index in [9.17, 15) is 9.90 Å². The SMILES string of the molecule is Cc1ccc2nc(CN3CCCC34CCCN(C3CCC(O)CC3)C4=O)cn2c1. The van der Waals surface area contributed by atoms with Crippen LogP contribution in [0.15, 0.2) is 24.5 Å². The van der Waals surface area contributed by atoms with Crippen LogP contribution >= 0.6 is 0 Å². The van der Waals surface area contributed by atoms with Crippen LogP contribution in [-0.4, -0.2) is 61.0 Å². The second kappa shape index (κ2) is 7.40. The van der Waals surface area contributed by atoms with Gasteiger partial charge in [-0.1, -0.05) is 6.07 Å². The zero-order valence-electron chi connectivity index (χ0n) is 17.4. The second-order valence-electron chi connectivity index (χ2n) is 9.33. The second-order valence-corrected chi connectivity index (χ2v) is 9.33. The fourth-order valence-corrected chi connectivity index (χ4v) is 5.85. The Morgan fingerprint density at radius 1 is 1.10 bits per heavy atom. The van der Waals surface area contributed by atoms with Crippen molar-refractivity contribution in [3.8, 4) is 0 Å². The van der Waals surface area contributed by atoms with Crippen LogP contribution in [-0.2, 0) is 11.3 Å². The number of pyridine rings is 1. The lowest BCUT2D eigenvalue weighted by Gasteiger charge is -2.48. The van der Waals surface area contributed by atoms with Gasteiger partial charge in [0.15, 0.2) is 0 Å². The summed E-state index contributed by atoms with van der Waals surface area (Å²) in [5.41, 5.74) is 2.88. The summed E-state index contributed by atoms with van der Waals surface area (Å²) in [7, 11) is 0. The van der Waals surface area contributed by atoms with E-state index in [1.165, 1.54) is 5.56 Å². The molecule has 1 N–H and O–H groups in total. The molecule has 2 saturated heterocycles. The quantitative estimate of drug-likeness (QED) is 0.867. The number of aliphatic hydroxyl groups is 1. The molecule has 3 fully saturated rings. The molecule has 156 valence electrons. The van der Waals surface area contributed by atoms with E-state index in [1.807, 2.05) is 0 Å². The Bertz CT molecular complexity index is 901. The van der Waals surface area contributed by atoms with E-state index in [0.717, 1.165) is 82.3 Å². The summed E-state index contributed by atoms with van der Waals surface area (Å²) in [6.45, 7) is 4.68. The van der Waals surface area contributed by atoms with Crippen molar-refractivity contribution >= 4 is 11.6 Å². The number of piperidine rings is 1. The van der Waals surface area contributed by atoms with Gasteiger partial charge in [0.05, 0.1) is 11.8 Å². The van der Waals surface area contributed by atoms with Gasteiger partial charge >= 0.3 is 0 Å². The van der Waals surface area contributed by atoms with Gasteiger partial charge in [0.25, 0.3) is 0 Å². The number of likely N-dealkylation sites (tertiary alicyclic amines) is 2. The summed E-state index contributed by atoms with van der Waals surface area (Å²) in [5.74, 6) is 0.335. The van der Waals surface area contributed by atoms with E-state index in [1.54, 1.807) is 0 Å². The van der Waals surface area contributed by atoms with Crippen LogP contribution in [0.3, 0.4) is 0 Å². The van der Waals surface area contributed by atoms with Gasteiger partial charge in [-0.2, -0.15) is 0 Å². The van der Waals surface area contributed by atoms with Crippen LogP contribution in [0.25, 0.3) is 5.65 Å². The average Bonchev–Trinajstić information content (AvgIpc) is 3.29. The molecular formula is C23H32N4O2. The topological polar surface area (TPSA) is 61.1 Å². The average molecular weight is 397 g/mol. The Balaban J connectivity index is 1.37. The van der Waals surface area contributed by atoms with Gasteiger partial charge in [-0.15, -0.1) is 0 Å². The number of hydrogen-bond acceptors (Lipinski definition) is 4. The lowest BCUT2D eigenvalue weighted by atomic mass is 9.82. The first-order valence-electron chi connectivity index (χ1n) is 11.2. The van der Waals surface area contributed by atoms with Crippen LogP contribution in [0.5, 0.6) is 0 Å². The number of nitrogens with zero attached hydrogens (tertiary/aromatic N) is 4. The normalized spacial score (nSPS) is 31.2. The van der Waals surface area contributed by atoms with E-state index >= 15 is 0 Å². The van der Waals surface area contributed by atoms with Gasteiger partial charge in [-0.25, -0.2) is 4.98 Å². The van der Waals surface area contributed by atoms with Crippen molar-refractivity contribution in [1.29, 1.82) is 0 Å². The molecule has 5 rings (SSSR count). The van der Waals surface area contributed by atoms with Gasteiger partial charge < -0.3 is 14.4 Å². The summed E-state index contributed by atoms with van der Waals surface area (Å²) in [6.07, 6.45) is 11.6. The van der Waals surface area contributed by atoms with Crippen LogP contribution in [0.2, 0.25) is 0 Å². The van der Waals surface area contributed by atoms with Crippen molar-refractivity contribution < 1.29 is 9.90 Å². The summed E-state index contributed by atoms with van der Waals surface area (Å²) < 4.78 is 2.09. The number of fused-ring (bicyclic) bond motifs is 1. The van der Waals surface area contributed by atoms with Gasteiger partial charge in [-0.05, 0) is 76.5 Å². The molecule has 3 aliphatic rings. The minimum atomic E-state index is -0.347. The highest BCUT2D eigenvalue weighted by atomic mass is 16.3. The number of amides is 1. The molecule has 1 spiro atoms. The van der Waals surface area contributed by atoms with Crippen molar-refractivity contribution in [2.45, 2.75) is 82.5 Å². The van der Waals surface area contributed by atoms with Crippen LogP contribution in [0, 0.1) is 6.92 Å². The molecule has 2 aliphatic heterocycles.